The van der Waals surface area contributed by atoms with Gasteiger partial charge in [-0.25, -0.2) is 9.78 Å². The van der Waals surface area contributed by atoms with Crippen LogP contribution in [0.3, 0.4) is 0 Å². The average molecular weight is 346 g/mol. The van der Waals surface area contributed by atoms with Crippen LogP contribution in [0.15, 0.2) is 29.6 Å². The summed E-state index contributed by atoms with van der Waals surface area (Å²) in [5, 5.41) is 14.0. The Hall–Kier alpha value is -2.41. The van der Waals surface area contributed by atoms with Crippen molar-refractivity contribution in [2.75, 3.05) is 13.7 Å². The number of carboxylic acids is 1. The van der Waals surface area contributed by atoms with E-state index in [0.29, 0.717) is 18.0 Å². The highest BCUT2D eigenvalue weighted by Gasteiger charge is 2.52. The van der Waals surface area contributed by atoms with Gasteiger partial charge in [-0.2, -0.15) is 0 Å². The first-order valence-corrected chi connectivity index (χ1v) is 8.54. The molecule has 0 atom stereocenters. The number of carboxylic acid groups (broad SMARTS) is 1. The SMILES string of the molecule is COc1ccccc1C1(C(=O)NCCc2nc(C(=O)O)cs2)CC1. The number of nitrogens with zero attached hydrogens (tertiary/aromatic N) is 1. The minimum absolute atomic E-state index is 0.0120. The highest BCUT2D eigenvalue weighted by atomic mass is 32.1. The van der Waals surface area contributed by atoms with Crippen molar-refractivity contribution in [1.29, 1.82) is 0 Å². The van der Waals surface area contributed by atoms with E-state index in [1.54, 1.807) is 7.11 Å². The number of ether oxygens (including phenoxy) is 1. The molecule has 0 saturated heterocycles. The van der Waals surface area contributed by atoms with Gasteiger partial charge in [-0.05, 0) is 18.9 Å². The van der Waals surface area contributed by atoms with Gasteiger partial charge in [0.15, 0.2) is 5.69 Å². The largest absolute Gasteiger partial charge is 0.496 e. The maximum Gasteiger partial charge on any atom is 0.355 e. The van der Waals surface area contributed by atoms with Crippen LogP contribution in [-0.4, -0.2) is 35.6 Å². The second kappa shape index (κ2) is 6.60. The van der Waals surface area contributed by atoms with E-state index < -0.39 is 11.4 Å². The number of amides is 1. The van der Waals surface area contributed by atoms with Gasteiger partial charge in [-0.15, -0.1) is 11.3 Å². The molecular weight excluding hydrogens is 328 g/mol. The number of hydrogen-bond donors (Lipinski definition) is 2. The van der Waals surface area contributed by atoms with E-state index >= 15 is 0 Å². The van der Waals surface area contributed by atoms with E-state index in [1.807, 2.05) is 24.3 Å². The molecule has 1 heterocycles. The van der Waals surface area contributed by atoms with Crippen LogP contribution in [0.25, 0.3) is 0 Å². The summed E-state index contributed by atoms with van der Waals surface area (Å²) in [5.74, 6) is -0.312. The molecule has 1 aromatic carbocycles. The fraction of sp³-hybridized carbons (Fsp3) is 0.353. The predicted octanol–water partition coefficient (Wildman–Crippen LogP) is 2.24. The number of thiazole rings is 1. The molecule has 24 heavy (non-hydrogen) atoms. The highest BCUT2D eigenvalue weighted by molar-refractivity contribution is 7.09. The van der Waals surface area contributed by atoms with Gasteiger partial charge in [-0.3, -0.25) is 4.79 Å². The average Bonchev–Trinajstić information content (AvgIpc) is 3.26. The molecule has 2 aromatic rings. The van der Waals surface area contributed by atoms with E-state index in [1.165, 1.54) is 16.7 Å². The third-order valence-electron chi connectivity index (χ3n) is 4.20. The topological polar surface area (TPSA) is 88.5 Å². The quantitative estimate of drug-likeness (QED) is 0.803. The number of aromatic carboxylic acids is 1. The molecule has 1 amide bonds. The van der Waals surface area contributed by atoms with Crippen LogP contribution in [0, 0.1) is 0 Å². The van der Waals surface area contributed by atoms with Crippen LogP contribution in [0.4, 0.5) is 0 Å². The Balaban J connectivity index is 1.61. The molecule has 126 valence electrons. The molecule has 1 saturated carbocycles. The summed E-state index contributed by atoms with van der Waals surface area (Å²) >= 11 is 1.29. The predicted molar refractivity (Wildman–Crippen MR) is 89.7 cm³/mol. The van der Waals surface area contributed by atoms with Crippen molar-refractivity contribution in [2.24, 2.45) is 0 Å². The van der Waals surface area contributed by atoms with Crippen LogP contribution in [0.1, 0.15) is 33.9 Å². The second-order valence-corrected chi connectivity index (χ2v) is 6.66. The molecule has 0 radical (unpaired) electrons. The lowest BCUT2D eigenvalue weighted by atomic mass is 9.94. The molecule has 2 N–H and O–H groups in total. The Kier molecular flexibility index (Phi) is 4.53. The summed E-state index contributed by atoms with van der Waals surface area (Å²) in [5.41, 5.74) is 0.475. The Morgan fingerprint density at radius 3 is 2.75 bits per heavy atom. The number of para-hydroxylation sites is 1. The third-order valence-corrected chi connectivity index (χ3v) is 5.11. The maximum absolute atomic E-state index is 12.6. The van der Waals surface area contributed by atoms with Crippen molar-refractivity contribution in [3.05, 3.63) is 45.9 Å². The number of benzene rings is 1. The Morgan fingerprint density at radius 1 is 1.38 bits per heavy atom. The number of carbonyl (C=O) groups excluding carboxylic acids is 1. The molecule has 6 nitrogen and oxygen atoms in total. The van der Waals surface area contributed by atoms with Crippen molar-refractivity contribution in [3.8, 4) is 5.75 Å². The molecule has 0 aliphatic heterocycles. The number of nitrogens with one attached hydrogen (secondary N) is 1. The third kappa shape index (κ3) is 3.12. The summed E-state index contributed by atoms with van der Waals surface area (Å²) in [7, 11) is 1.61. The lowest BCUT2D eigenvalue weighted by Crippen LogP contribution is -2.36. The van der Waals surface area contributed by atoms with Crippen LogP contribution in [0.5, 0.6) is 5.75 Å². The van der Waals surface area contributed by atoms with Crippen LogP contribution in [-0.2, 0) is 16.6 Å². The monoisotopic (exact) mass is 346 g/mol. The van der Waals surface area contributed by atoms with Crippen LogP contribution >= 0.6 is 11.3 Å². The molecule has 3 rings (SSSR count). The van der Waals surface area contributed by atoms with Crippen molar-refractivity contribution in [1.82, 2.24) is 10.3 Å². The number of hydrogen-bond acceptors (Lipinski definition) is 5. The first kappa shape index (κ1) is 16.4. The van der Waals surface area contributed by atoms with E-state index in [-0.39, 0.29) is 11.6 Å². The number of methoxy groups -OCH3 is 1. The molecular formula is C17H18N2O4S. The molecule has 0 unspecified atom stereocenters. The molecule has 0 bridgehead atoms. The Morgan fingerprint density at radius 2 is 2.12 bits per heavy atom. The molecule has 0 spiro atoms. The van der Waals surface area contributed by atoms with Gasteiger partial charge in [0.25, 0.3) is 0 Å². The van der Waals surface area contributed by atoms with Gasteiger partial charge >= 0.3 is 5.97 Å². The molecule has 1 aliphatic rings. The Bertz CT molecular complexity index is 767. The second-order valence-electron chi connectivity index (χ2n) is 5.72. The summed E-state index contributed by atoms with van der Waals surface area (Å²) in [6, 6.07) is 7.60. The van der Waals surface area contributed by atoms with E-state index in [2.05, 4.69) is 10.3 Å². The smallest absolute Gasteiger partial charge is 0.355 e. The van der Waals surface area contributed by atoms with E-state index in [4.69, 9.17) is 9.84 Å². The Labute approximate surface area is 143 Å². The van der Waals surface area contributed by atoms with Crippen molar-refractivity contribution >= 4 is 23.2 Å². The normalized spacial score (nSPS) is 14.9. The lowest BCUT2D eigenvalue weighted by molar-refractivity contribution is -0.123. The van der Waals surface area contributed by atoms with E-state index in [0.717, 1.165) is 24.2 Å². The number of carbonyl (C=O) groups is 2. The zero-order chi connectivity index (χ0) is 17.2. The van der Waals surface area contributed by atoms with Crippen molar-refractivity contribution in [3.63, 3.8) is 0 Å². The first-order valence-electron chi connectivity index (χ1n) is 7.66. The van der Waals surface area contributed by atoms with Gasteiger partial charge in [0.2, 0.25) is 5.91 Å². The summed E-state index contributed by atoms with van der Waals surface area (Å²) in [6.07, 6.45) is 2.13. The van der Waals surface area contributed by atoms with Crippen LogP contribution < -0.4 is 10.1 Å². The molecule has 1 aliphatic carbocycles. The molecule has 7 heteroatoms. The van der Waals surface area contributed by atoms with Gasteiger partial charge < -0.3 is 15.2 Å². The van der Waals surface area contributed by atoms with Crippen molar-refractivity contribution in [2.45, 2.75) is 24.7 Å². The zero-order valence-electron chi connectivity index (χ0n) is 13.2. The van der Waals surface area contributed by atoms with Gasteiger partial charge in [0, 0.05) is 23.9 Å². The number of rotatable bonds is 7. The fourth-order valence-corrected chi connectivity index (χ4v) is 3.53. The lowest BCUT2D eigenvalue weighted by Gasteiger charge is -2.18. The minimum Gasteiger partial charge on any atom is -0.496 e. The summed E-state index contributed by atoms with van der Waals surface area (Å²) in [4.78, 5) is 27.5. The number of aromatic nitrogens is 1. The summed E-state index contributed by atoms with van der Waals surface area (Å²) in [6.45, 7) is 0.433. The van der Waals surface area contributed by atoms with Crippen LogP contribution in [0.2, 0.25) is 0 Å². The van der Waals surface area contributed by atoms with Gasteiger partial charge in [-0.1, -0.05) is 18.2 Å². The van der Waals surface area contributed by atoms with Crippen molar-refractivity contribution < 1.29 is 19.4 Å². The first-order chi connectivity index (χ1) is 11.6. The highest BCUT2D eigenvalue weighted by Crippen LogP contribution is 2.51. The molecule has 1 aromatic heterocycles. The van der Waals surface area contributed by atoms with E-state index in [9.17, 15) is 9.59 Å². The van der Waals surface area contributed by atoms with Gasteiger partial charge in [0.05, 0.1) is 17.5 Å². The maximum atomic E-state index is 12.6. The molecule has 1 fully saturated rings. The fourth-order valence-electron chi connectivity index (χ4n) is 2.76. The summed E-state index contributed by atoms with van der Waals surface area (Å²) < 4.78 is 5.38. The minimum atomic E-state index is -1.03. The van der Waals surface area contributed by atoms with Gasteiger partial charge in [0.1, 0.15) is 5.75 Å². The standard InChI is InChI=1S/C17H18N2O4S/c1-23-13-5-3-2-4-11(13)17(7-8-17)16(22)18-9-6-14-19-12(10-24-14)15(20)21/h2-5,10H,6-9H2,1H3,(H,18,22)(H,20,21). The zero-order valence-corrected chi connectivity index (χ0v) is 14.1.